The third kappa shape index (κ3) is 7.25. The van der Waals surface area contributed by atoms with Gasteiger partial charge >= 0.3 is 0 Å². The minimum Gasteiger partial charge on any atom is -0.376 e. The van der Waals surface area contributed by atoms with Crippen molar-refractivity contribution in [3.63, 3.8) is 0 Å². The number of nitro benzene ring substituents is 1. The van der Waals surface area contributed by atoms with Crippen molar-refractivity contribution in [3.05, 3.63) is 39.9 Å². The third-order valence-corrected chi connectivity index (χ3v) is 5.03. The van der Waals surface area contributed by atoms with Gasteiger partial charge in [0.25, 0.3) is 5.69 Å². The monoisotopic (exact) mass is 488 g/mol. The van der Waals surface area contributed by atoms with Gasteiger partial charge in [-0.2, -0.15) is 0 Å². The summed E-state index contributed by atoms with van der Waals surface area (Å²) in [6, 6.07) is 7.06. The van der Waals surface area contributed by atoms with Gasteiger partial charge < -0.3 is 15.4 Å². The number of halogens is 1. The third-order valence-electron chi connectivity index (χ3n) is 5.03. The molecule has 0 aromatic heterocycles. The summed E-state index contributed by atoms with van der Waals surface area (Å²) in [5, 5.41) is 17.7. The van der Waals surface area contributed by atoms with Crippen LogP contribution in [0, 0.1) is 10.1 Å². The maximum Gasteiger partial charge on any atom is 0.269 e. The molecule has 1 saturated carbocycles. The Bertz CT molecular complexity index is 612. The molecule has 2 aliphatic rings. The van der Waals surface area contributed by atoms with Crippen LogP contribution >= 0.6 is 24.0 Å². The summed E-state index contributed by atoms with van der Waals surface area (Å²) in [5.41, 5.74) is 1.06. The Morgan fingerprint density at radius 2 is 1.85 bits per heavy atom. The lowest BCUT2D eigenvalue weighted by Crippen LogP contribution is -2.45. The van der Waals surface area contributed by atoms with Gasteiger partial charge in [-0.25, -0.2) is 4.99 Å². The van der Waals surface area contributed by atoms with E-state index in [1.54, 1.807) is 12.1 Å². The summed E-state index contributed by atoms with van der Waals surface area (Å²) >= 11 is 0. The molecule has 1 unspecified atom stereocenters. The molecule has 0 radical (unpaired) electrons. The van der Waals surface area contributed by atoms with Crippen molar-refractivity contribution in [1.29, 1.82) is 0 Å². The molecule has 3 rings (SSSR count). The molecule has 1 aliphatic carbocycles. The Morgan fingerprint density at radius 3 is 2.48 bits per heavy atom. The van der Waals surface area contributed by atoms with Gasteiger partial charge in [-0.3, -0.25) is 10.1 Å². The molecule has 0 amide bonds. The molecule has 1 aromatic carbocycles. The highest BCUT2D eigenvalue weighted by molar-refractivity contribution is 14.0. The minimum atomic E-state index is -0.383. The molecule has 27 heavy (non-hydrogen) atoms. The predicted octanol–water partition coefficient (Wildman–Crippen LogP) is 3.76. The van der Waals surface area contributed by atoms with E-state index in [0.29, 0.717) is 12.6 Å². The highest BCUT2D eigenvalue weighted by Crippen LogP contribution is 2.18. The van der Waals surface area contributed by atoms with Crippen LogP contribution in [0.2, 0.25) is 0 Å². The standard InChI is InChI=1S/C19H28N4O3.HI/c24-23(25)17-10-8-15(9-11-17)13-20-19(22-16-5-1-2-6-16)21-14-18-7-3-4-12-26-18;/h8-11,16,18H,1-7,12-14H2,(H2,20,21,22);1H. The van der Waals surface area contributed by atoms with Crippen molar-refractivity contribution in [2.45, 2.75) is 63.6 Å². The van der Waals surface area contributed by atoms with Gasteiger partial charge in [-0.1, -0.05) is 25.0 Å². The van der Waals surface area contributed by atoms with Crippen LogP contribution in [0.3, 0.4) is 0 Å². The Kier molecular flexibility index (Phi) is 9.26. The predicted molar refractivity (Wildman–Crippen MR) is 117 cm³/mol. The second kappa shape index (κ2) is 11.4. The average molecular weight is 488 g/mol. The van der Waals surface area contributed by atoms with Crippen LogP contribution in [0.1, 0.15) is 50.5 Å². The zero-order valence-corrected chi connectivity index (χ0v) is 17.9. The van der Waals surface area contributed by atoms with Crippen LogP contribution in [0.25, 0.3) is 0 Å². The molecular formula is C19H29IN4O3. The van der Waals surface area contributed by atoms with Gasteiger partial charge in [-0.15, -0.1) is 24.0 Å². The van der Waals surface area contributed by atoms with Crippen LogP contribution in [0.15, 0.2) is 29.3 Å². The number of nitrogens with one attached hydrogen (secondary N) is 2. The van der Waals surface area contributed by atoms with Crippen LogP contribution < -0.4 is 10.6 Å². The van der Waals surface area contributed by atoms with E-state index in [2.05, 4.69) is 15.6 Å². The molecule has 8 heteroatoms. The number of nitrogens with zero attached hydrogens (tertiary/aromatic N) is 2. The summed E-state index contributed by atoms with van der Waals surface area (Å²) in [6.45, 7) is 2.10. The zero-order valence-electron chi connectivity index (χ0n) is 15.6. The smallest absolute Gasteiger partial charge is 0.269 e. The summed E-state index contributed by atoms with van der Waals surface area (Å²) in [5.74, 6) is 0.810. The van der Waals surface area contributed by atoms with E-state index in [1.807, 2.05) is 0 Å². The van der Waals surface area contributed by atoms with Crippen molar-refractivity contribution >= 4 is 35.6 Å². The molecule has 1 aromatic rings. The molecular weight excluding hydrogens is 459 g/mol. The number of ether oxygens (including phenoxy) is 1. The van der Waals surface area contributed by atoms with E-state index in [4.69, 9.17) is 4.74 Å². The molecule has 150 valence electrons. The minimum absolute atomic E-state index is 0. The van der Waals surface area contributed by atoms with Crippen LogP contribution in [0.4, 0.5) is 5.69 Å². The summed E-state index contributed by atoms with van der Waals surface area (Å²) in [7, 11) is 0. The second-order valence-corrected chi connectivity index (χ2v) is 7.08. The normalized spacial score (nSPS) is 20.7. The van der Waals surface area contributed by atoms with Crippen LogP contribution in [-0.4, -0.2) is 36.2 Å². The number of rotatable bonds is 6. The molecule has 1 aliphatic heterocycles. The van der Waals surface area contributed by atoms with E-state index < -0.39 is 0 Å². The van der Waals surface area contributed by atoms with E-state index in [9.17, 15) is 10.1 Å². The van der Waals surface area contributed by atoms with Crippen molar-refractivity contribution in [2.24, 2.45) is 4.99 Å². The highest BCUT2D eigenvalue weighted by atomic mass is 127. The largest absolute Gasteiger partial charge is 0.376 e. The molecule has 2 N–H and O–H groups in total. The van der Waals surface area contributed by atoms with Gasteiger partial charge in [0, 0.05) is 31.3 Å². The Balaban J connectivity index is 0.00000261. The number of hydrogen-bond acceptors (Lipinski definition) is 4. The maximum atomic E-state index is 10.8. The maximum absolute atomic E-state index is 10.8. The average Bonchev–Trinajstić information content (AvgIpc) is 3.18. The second-order valence-electron chi connectivity index (χ2n) is 7.08. The van der Waals surface area contributed by atoms with Crippen molar-refractivity contribution in [3.8, 4) is 0 Å². The molecule has 2 fully saturated rings. The van der Waals surface area contributed by atoms with Crippen molar-refractivity contribution in [2.75, 3.05) is 13.2 Å². The summed E-state index contributed by atoms with van der Waals surface area (Å²) in [6.07, 6.45) is 8.59. The Morgan fingerprint density at radius 1 is 1.15 bits per heavy atom. The number of non-ortho nitro benzene ring substituents is 1. The van der Waals surface area contributed by atoms with Crippen molar-refractivity contribution < 1.29 is 9.66 Å². The SMILES string of the molecule is I.O=[N+]([O-])c1ccc(CN=C(NCC2CCCCO2)NC2CCCC2)cc1. The fraction of sp³-hybridized carbons (Fsp3) is 0.632. The molecule has 1 saturated heterocycles. The first-order chi connectivity index (χ1) is 12.7. The molecule has 0 spiro atoms. The lowest BCUT2D eigenvalue weighted by molar-refractivity contribution is -0.384. The van der Waals surface area contributed by atoms with E-state index >= 15 is 0 Å². The zero-order chi connectivity index (χ0) is 18.2. The van der Waals surface area contributed by atoms with Gasteiger partial charge in [-0.05, 0) is 37.7 Å². The highest BCUT2D eigenvalue weighted by Gasteiger charge is 2.18. The Hall–Kier alpha value is -1.42. The van der Waals surface area contributed by atoms with Gasteiger partial charge in [0.2, 0.25) is 0 Å². The van der Waals surface area contributed by atoms with Gasteiger partial charge in [0.05, 0.1) is 17.6 Å². The lowest BCUT2D eigenvalue weighted by Gasteiger charge is -2.24. The lowest BCUT2D eigenvalue weighted by atomic mass is 10.1. The van der Waals surface area contributed by atoms with Crippen LogP contribution in [-0.2, 0) is 11.3 Å². The molecule has 1 heterocycles. The van der Waals surface area contributed by atoms with E-state index in [-0.39, 0.29) is 40.7 Å². The topological polar surface area (TPSA) is 88.8 Å². The fourth-order valence-corrected chi connectivity index (χ4v) is 3.49. The van der Waals surface area contributed by atoms with Gasteiger partial charge in [0.15, 0.2) is 5.96 Å². The van der Waals surface area contributed by atoms with E-state index in [1.165, 1.54) is 44.2 Å². The molecule has 0 bridgehead atoms. The number of nitro groups is 1. The van der Waals surface area contributed by atoms with Crippen LogP contribution in [0.5, 0.6) is 0 Å². The Labute approximate surface area is 177 Å². The molecule has 7 nitrogen and oxygen atoms in total. The first-order valence-corrected chi connectivity index (χ1v) is 9.60. The molecule has 1 atom stereocenters. The number of guanidine groups is 1. The quantitative estimate of drug-likeness (QED) is 0.209. The first-order valence-electron chi connectivity index (χ1n) is 9.60. The number of aliphatic imine (C=N–C) groups is 1. The summed E-state index contributed by atoms with van der Waals surface area (Å²) in [4.78, 5) is 15.1. The first kappa shape index (κ1) is 21.9. The van der Waals surface area contributed by atoms with Crippen molar-refractivity contribution in [1.82, 2.24) is 10.6 Å². The van der Waals surface area contributed by atoms with Gasteiger partial charge in [0.1, 0.15) is 0 Å². The number of benzene rings is 1. The summed E-state index contributed by atoms with van der Waals surface area (Å²) < 4.78 is 5.79. The number of hydrogen-bond donors (Lipinski definition) is 2. The fourth-order valence-electron chi connectivity index (χ4n) is 3.49. The van der Waals surface area contributed by atoms with E-state index in [0.717, 1.165) is 37.5 Å².